The Hall–Kier alpha value is -1.02. The topological polar surface area (TPSA) is 32.3 Å². The van der Waals surface area contributed by atoms with Crippen LogP contribution in [0.5, 0.6) is 0 Å². The zero-order chi connectivity index (χ0) is 10.6. The number of allylic oxidation sites excluding steroid dienone is 3. The van der Waals surface area contributed by atoms with E-state index in [2.05, 4.69) is 24.9 Å². The summed E-state index contributed by atoms with van der Waals surface area (Å²) in [6, 6.07) is 0.550. The zero-order valence-electron chi connectivity index (χ0n) is 9.01. The van der Waals surface area contributed by atoms with Crippen molar-refractivity contribution in [2.24, 2.45) is 0 Å². The van der Waals surface area contributed by atoms with Gasteiger partial charge >= 0.3 is 0 Å². The van der Waals surface area contributed by atoms with E-state index >= 15 is 0 Å². The van der Waals surface area contributed by atoms with Gasteiger partial charge in [0.15, 0.2) is 0 Å². The molecule has 0 aromatic carbocycles. The minimum Gasteiger partial charge on any atom is -0.508 e. The van der Waals surface area contributed by atoms with E-state index in [1.807, 2.05) is 6.92 Å². The van der Waals surface area contributed by atoms with E-state index < -0.39 is 0 Å². The molecule has 1 fully saturated rings. The van der Waals surface area contributed by atoms with Crippen molar-refractivity contribution in [3.05, 3.63) is 35.6 Å². The molecular weight excluding hydrogens is 174 g/mol. The summed E-state index contributed by atoms with van der Waals surface area (Å²) >= 11 is 0. The first-order valence-corrected chi connectivity index (χ1v) is 5.08. The highest BCUT2D eigenvalue weighted by molar-refractivity contribution is 5.29. The summed E-state index contributed by atoms with van der Waals surface area (Å²) in [6.07, 6.45) is 5.71. The molecule has 0 aromatic rings. The first kappa shape index (κ1) is 11.1. The molecule has 1 rings (SSSR count). The van der Waals surface area contributed by atoms with Crippen molar-refractivity contribution >= 4 is 0 Å². The van der Waals surface area contributed by atoms with E-state index in [1.54, 1.807) is 0 Å². The van der Waals surface area contributed by atoms with Crippen molar-refractivity contribution in [3.8, 4) is 0 Å². The second-order valence-corrected chi connectivity index (χ2v) is 3.88. The SMILES string of the molecule is C=C/C(O)=C(C)\C=C1\CCNC(C)C1. The highest BCUT2D eigenvalue weighted by Crippen LogP contribution is 2.17. The predicted molar refractivity (Wildman–Crippen MR) is 60.3 cm³/mol. The van der Waals surface area contributed by atoms with Crippen molar-refractivity contribution in [2.75, 3.05) is 6.54 Å². The standard InChI is InChI=1S/C12H19NO/c1-4-12(14)9(2)7-11-5-6-13-10(3)8-11/h4,7,10,13-14H,1,5-6,8H2,2-3H3/b11-7-,12-9+. The molecule has 2 heteroatoms. The monoisotopic (exact) mass is 193 g/mol. The lowest BCUT2D eigenvalue weighted by Crippen LogP contribution is -2.32. The molecule has 14 heavy (non-hydrogen) atoms. The molecule has 1 unspecified atom stereocenters. The fraction of sp³-hybridized carbons (Fsp3) is 0.500. The van der Waals surface area contributed by atoms with E-state index in [1.165, 1.54) is 11.6 Å². The Labute approximate surface area is 86.0 Å². The molecule has 0 bridgehead atoms. The summed E-state index contributed by atoms with van der Waals surface area (Å²) < 4.78 is 0. The van der Waals surface area contributed by atoms with Gasteiger partial charge in [0.1, 0.15) is 5.76 Å². The number of rotatable bonds is 2. The summed E-state index contributed by atoms with van der Waals surface area (Å²) in [5.41, 5.74) is 2.31. The average molecular weight is 193 g/mol. The van der Waals surface area contributed by atoms with Gasteiger partial charge < -0.3 is 10.4 Å². The maximum atomic E-state index is 9.42. The van der Waals surface area contributed by atoms with Crippen LogP contribution in [-0.2, 0) is 0 Å². The second-order valence-electron chi connectivity index (χ2n) is 3.88. The van der Waals surface area contributed by atoms with E-state index in [0.29, 0.717) is 6.04 Å². The Bertz CT molecular complexity index is 276. The molecule has 0 spiro atoms. The normalized spacial score (nSPS) is 27.3. The van der Waals surface area contributed by atoms with Crippen molar-refractivity contribution in [3.63, 3.8) is 0 Å². The molecule has 2 nitrogen and oxygen atoms in total. The van der Waals surface area contributed by atoms with Gasteiger partial charge in [-0.3, -0.25) is 0 Å². The van der Waals surface area contributed by atoms with Gasteiger partial charge in [-0.05, 0) is 44.9 Å². The van der Waals surface area contributed by atoms with Crippen LogP contribution in [0, 0.1) is 0 Å². The number of piperidine rings is 1. The molecule has 78 valence electrons. The van der Waals surface area contributed by atoms with Gasteiger partial charge in [-0.1, -0.05) is 18.2 Å². The average Bonchev–Trinajstić information content (AvgIpc) is 2.16. The highest BCUT2D eigenvalue weighted by atomic mass is 16.3. The molecule has 1 atom stereocenters. The first-order chi connectivity index (χ1) is 6.63. The Kier molecular flexibility index (Phi) is 3.96. The molecule has 0 radical (unpaired) electrons. The number of hydrogen-bond acceptors (Lipinski definition) is 2. The summed E-state index contributed by atoms with van der Waals surface area (Å²) in [5.74, 6) is 0.281. The van der Waals surface area contributed by atoms with Crippen LogP contribution in [0.25, 0.3) is 0 Å². The van der Waals surface area contributed by atoms with Crippen LogP contribution in [0.15, 0.2) is 35.6 Å². The molecule has 0 amide bonds. The van der Waals surface area contributed by atoms with Gasteiger partial charge in [0.05, 0.1) is 0 Å². The van der Waals surface area contributed by atoms with Crippen molar-refractivity contribution in [1.29, 1.82) is 0 Å². The Balaban J connectivity index is 2.72. The molecule has 1 saturated heterocycles. The molecule has 1 aliphatic heterocycles. The zero-order valence-corrected chi connectivity index (χ0v) is 9.01. The van der Waals surface area contributed by atoms with E-state index in [9.17, 15) is 5.11 Å². The fourth-order valence-corrected chi connectivity index (χ4v) is 1.72. The first-order valence-electron chi connectivity index (χ1n) is 5.08. The summed E-state index contributed by atoms with van der Waals surface area (Å²) in [4.78, 5) is 0. The maximum absolute atomic E-state index is 9.42. The predicted octanol–water partition coefficient (Wildman–Crippen LogP) is 2.70. The number of nitrogens with one attached hydrogen (secondary N) is 1. The molecule has 2 N–H and O–H groups in total. The molecule has 1 heterocycles. The largest absolute Gasteiger partial charge is 0.508 e. The molecule has 0 saturated carbocycles. The van der Waals surface area contributed by atoms with Crippen molar-refractivity contribution in [1.82, 2.24) is 5.32 Å². The van der Waals surface area contributed by atoms with Crippen LogP contribution in [0.4, 0.5) is 0 Å². The van der Waals surface area contributed by atoms with Crippen LogP contribution >= 0.6 is 0 Å². The molecular formula is C12H19NO. The summed E-state index contributed by atoms with van der Waals surface area (Å²) in [7, 11) is 0. The van der Waals surface area contributed by atoms with E-state index in [-0.39, 0.29) is 5.76 Å². The third-order valence-electron chi connectivity index (χ3n) is 2.53. The lowest BCUT2D eigenvalue weighted by molar-refractivity contribution is 0.427. The lowest BCUT2D eigenvalue weighted by atomic mass is 9.97. The van der Waals surface area contributed by atoms with Crippen LogP contribution in [0.2, 0.25) is 0 Å². The molecule has 1 aliphatic rings. The second kappa shape index (κ2) is 5.01. The molecule has 0 aromatic heterocycles. The van der Waals surface area contributed by atoms with E-state index in [0.717, 1.165) is 25.0 Å². The van der Waals surface area contributed by atoms with Crippen molar-refractivity contribution in [2.45, 2.75) is 32.7 Å². The molecule has 0 aliphatic carbocycles. The van der Waals surface area contributed by atoms with Gasteiger partial charge in [-0.2, -0.15) is 0 Å². The Morgan fingerprint density at radius 1 is 1.64 bits per heavy atom. The van der Waals surface area contributed by atoms with Crippen LogP contribution in [-0.4, -0.2) is 17.7 Å². The Morgan fingerprint density at radius 2 is 2.36 bits per heavy atom. The van der Waals surface area contributed by atoms with Gasteiger partial charge in [0.2, 0.25) is 0 Å². The number of aliphatic hydroxyl groups excluding tert-OH is 1. The van der Waals surface area contributed by atoms with Crippen LogP contribution in [0.3, 0.4) is 0 Å². The number of hydrogen-bond donors (Lipinski definition) is 2. The van der Waals surface area contributed by atoms with Crippen LogP contribution < -0.4 is 5.32 Å². The number of aliphatic hydroxyl groups is 1. The third kappa shape index (κ3) is 3.04. The van der Waals surface area contributed by atoms with Gasteiger partial charge in [0.25, 0.3) is 0 Å². The van der Waals surface area contributed by atoms with E-state index in [4.69, 9.17) is 0 Å². The summed E-state index contributed by atoms with van der Waals surface area (Å²) in [6.45, 7) is 8.67. The smallest absolute Gasteiger partial charge is 0.117 e. The van der Waals surface area contributed by atoms with Gasteiger partial charge in [-0.15, -0.1) is 0 Å². The highest BCUT2D eigenvalue weighted by Gasteiger charge is 2.11. The quantitative estimate of drug-likeness (QED) is 0.522. The Morgan fingerprint density at radius 3 is 2.93 bits per heavy atom. The van der Waals surface area contributed by atoms with Crippen LogP contribution in [0.1, 0.15) is 26.7 Å². The van der Waals surface area contributed by atoms with Crippen molar-refractivity contribution < 1.29 is 5.11 Å². The fourth-order valence-electron chi connectivity index (χ4n) is 1.72. The minimum absolute atomic E-state index is 0.281. The third-order valence-corrected chi connectivity index (χ3v) is 2.53. The lowest BCUT2D eigenvalue weighted by Gasteiger charge is -2.22. The summed E-state index contributed by atoms with van der Waals surface area (Å²) in [5, 5.41) is 12.8. The van der Waals surface area contributed by atoms with Gasteiger partial charge in [-0.25, -0.2) is 0 Å². The maximum Gasteiger partial charge on any atom is 0.117 e. The van der Waals surface area contributed by atoms with Gasteiger partial charge in [0, 0.05) is 6.04 Å². The minimum atomic E-state index is 0.281.